The highest BCUT2D eigenvalue weighted by Crippen LogP contribution is 2.16. The van der Waals surface area contributed by atoms with Crippen LogP contribution in [-0.2, 0) is 6.54 Å². The zero-order valence-electron chi connectivity index (χ0n) is 10.2. The average molecular weight is 208 g/mol. The molecule has 0 aliphatic rings. The summed E-state index contributed by atoms with van der Waals surface area (Å²) in [6, 6.07) is 2.35. The Hall–Kier alpha value is -0.760. The number of nitrogens with two attached hydrogens (primary N) is 1. The summed E-state index contributed by atoms with van der Waals surface area (Å²) in [4.78, 5) is 0. The van der Waals surface area contributed by atoms with E-state index in [9.17, 15) is 0 Å². The van der Waals surface area contributed by atoms with Gasteiger partial charge in [-0.25, -0.2) is 0 Å². The fourth-order valence-electron chi connectivity index (χ4n) is 1.87. The summed E-state index contributed by atoms with van der Waals surface area (Å²) < 4.78 is 2.28. The van der Waals surface area contributed by atoms with Crippen molar-refractivity contribution >= 4 is 0 Å². The van der Waals surface area contributed by atoms with E-state index in [2.05, 4.69) is 43.8 Å². The molecular weight excluding hydrogens is 184 g/mol. The molecule has 0 amide bonds. The van der Waals surface area contributed by atoms with Gasteiger partial charge in [-0.15, -0.1) is 0 Å². The van der Waals surface area contributed by atoms with Gasteiger partial charge >= 0.3 is 0 Å². The first-order valence-electron chi connectivity index (χ1n) is 6.12. The molecule has 1 atom stereocenters. The molecule has 0 aliphatic heterocycles. The largest absolute Gasteiger partial charge is 0.354 e. The minimum Gasteiger partial charge on any atom is -0.354 e. The molecule has 1 aromatic heterocycles. The SMILES string of the molecule is CCC(CC)Cn1ccc(C(N)CC)c1. The highest BCUT2D eigenvalue weighted by atomic mass is 14.9. The molecule has 2 nitrogen and oxygen atoms in total. The molecule has 0 aliphatic carbocycles. The van der Waals surface area contributed by atoms with Gasteiger partial charge in [0.1, 0.15) is 0 Å². The third kappa shape index (κ3) is 3.38. The summed E-state index contributed by atoms with van der Waals surface area (Å²) in [6.45, 7) is 7.78. The Bertz CT molecular complexity index is 274. The summed E-state index contributed by atoms with van der Waals surface area (Å²) >= 11 is 0. The lowest BCUT2D eigenvalue weighted by Gasteiger charge is -2.13. The van der Waals surface area contributed by atoms with E-state index in [0.717, 1.165) is 18.9 Å². The van der Waals surface area contributed by atoms with Crippen LogP contribution in [0.1, 0.15) is 51.6 Å². The maximum absolute atomic E-state index is 5.99. The highest BCUT2D eigenvalue weighted by Gasteiger charge is 2.07. The molecule has 2 heteroatoms. The minimum atomic E-state index is 0.202. The van der Waals surface area contributed by atoms with E-state index >= 15 is 0 Å². The van der Waals surface area contributed by atoms with Gasteiger partial charge in [0.05, 0.1) is 0 Å². The predicted molar refractivity (Wildman–Crippen MR) is 65.7 cm³/mol. The zero-order chi connectivity index (χ0) is 11.3. The summed E-state index contributed by atoms with van der Waals surface area (Å²) in [5.74, 6) is 0.795. The van der Waals surface area contributed by atoms with Crippen molar-refractivity contribution in [2.45, 2.75) is 52.6 Å². The quantitative estimate of drug-likeness (QED) is 0.763. The van der Waals surface area contributed by atoms with Crippen LogP contribution in [0, 0.1) is 5.92 Å². The van der Waals surface area contributed by atoms with Crippen molar-refractivity contribution in [3.05, 3.63) is 24.0 Å². The number of aromatic nitrogens is 1. The lowest BCUT2D eigenvalue weighted by molar-refractivity contribution is 0.419. The van der Waals surface area contributed by atoms with E-state index in [0.29, 0.717) is 0 Å². The Morgan fingerprint density at radius 3 is 2.40 bits per heavy atom. The molecule has 0 spiro atoms. The molecule has 0 aromatic carbocycles. The van der Waals surface area contributed by atoms with E-state index in [4.69, 9.17) is 5.73 Å². The Labute approximate surface area is 93.5 Å². The Morgan fingerprint density at radius 1 is 1.20 bits per heavy atom. The maximum Gasteiger partial charge on any atom is 0.0307 e. The second-order valence-corrected chi connectivity index (χ2v) is 4.34. The van der Waals surface area contributed by atoms with Crippen molar-refractivity contribution in [2.24, 2.45) is 11.7 Å². The van der Waals surface area contributed by atoms with Crippen LogP contribution in [0.25, 0.3) is 0 Å². The molecule has 0 saturated carbocycles. The normalized spacial score (nSPS) is 13.4. The van der Waals surface area contributed by atoms with Crippen molar-refractivity contribution in [2.75, 3.05) is 0 Å². The Kier molecular flexibility index (Phi) is 4.89. The number of rotatable bonds is 6. The lowest BCUT2D eigenvalue weighted by Crippen LogP contribution is -2.09. The molecule has 0 fully saturated rings. The molecule has 1 rings (SSSR count). The third-order valence-electron chi connectivity index (χ3n) is 3.27. The predicted octanol–water partition coefficient (Wildman–Crippen LogP) is 3.33. The van der Waals surface area contributed by atoms with E-state index < -0.39 is 0 Å². The highest BCUT2D eigenvalue weighted by molar-refractivity contribution is 5.14. The van der Waals surface area contributed by atoms with Crippen LogP contribution in [0.4, 0.5) is 0 Å². The first kappa shape index (κ1) is 12.3. The molecule has 1 aromatic rings. The van der Waals surface area contributed by atoms with Crippen LogP contribution in [0.2, 0.25) is 0 Å². The van der Waals surface area contributed by atoms with E-state index in [1.54, 1.807) is 0 Å². The van der Waals surface area contributed by atoms with Gasteiger partial charge in [0.2, 0.25) is 0 Å². The lowest BCUT2D eigenvalue weighted by atomic mass is 10.0. The van der Waals surface area contributed by atoms with Gasteiger partial charge in [0.25, 0.3) is 0 Å². The second-order valence-electron chi connectivity index (χ2n) is 4.34. The van der Waals surface area contributed by atoms with Crippen LogP contribution in [0.5, 0.6) is 0 Å². The van der Waals surface area contributed by atoms with Gasteiger partial charge in [0, 0.05) is 25.0 Å². The van der Waals surface area contributed by atoms with E-state index in [1.807, 2.05) is 0 Å². The van der Waals surface area contributed by atoms with Crippen molar-refractivity contribution in [3.8, 4) is 0 Å². The standard InChI is InChI=1S/C13H24N2/c1-4-11(5-2)9-15-8-7-12(10-15)13(14)6-3/h7-8,10-11,13H,4-6,9,14H2,1-3H3. The van der Waals surface area contributed by atoms with Gasteiger partial charge < -0.3 is 10.3 Å². The number of nitrogens with zero attached hydrogens (tertiary/aromatic N) is 1. The molecule has 1 heterocycles. The van der Waals surface area contributed by atoms with Gasteiger partial charge in [-0.2, -0.15) is 0 Å². The summed E-state index contributed by atoms with van der Waals surface area (Å²) in [5, 5.41) is 0. The van der Waals surface area contributed by atoms with Crippen molar-refractivity contribution < 1.29 is 0 Å². The maximum atomic E-state index is 5.99. The van der Waals surface area contributed by atoms with Gasteiger partial charge in [-0.1, -0.05) is 33.6 Å². The van der Waals surface area contributed by atoms with Crippen LogP contribution in [0.15, 0.2) is 18.5 Å². The summed E-state index contributed by atoms with van der Waals surface area (Å²) in [5.41, 5.74) is 7.26. The molecule has 0 radical (unpaired) electrons. The summed E-state index contributed by atoms with van der Waals surface area (Å²) in [7, 11) is 0. The molecule has 0 saturated heterocycles. The molecule has 1 unspecified atom stereocenters. The third-order valence-corrected chi connectivity index (χ3v) is 3.27. The van der Waals surface area contributed by atoms with E-state index in [1.165, 1.54) is 18.4 Å². The number of hydrogen-bond acceptors (Lipinski definition) is 1. The van der Waals surface area contributed by atoms with Crippen LogP contribution in [-0.4, -0.2) is 4.57 Å². The summed E-state index contributed by atoms with van der Waals surface area (Å²) in [6.07, 6.45) is 7.87. The molecule has 86 valence electrons. The Morgan fingerprint density at radius 2 is 1.87 bits per heavy atom. The Balaban J connectivity index is 2.59. The molecule has 2 N–H and O–H groups in total. The average Bonchev–Trinajstić information content (AvgIpc) is 2.73. The van der Waals surface area contributed by atoms with Crippen molar-refractivity contribution in [1.82, 2.24) is 4.57 Å². The first-order valence-corrected chi connectivity index (χ1v) is 6.12. The van der Waals surface area contributed by atoms with Gasteiger partial charge in [-0.3, -0.25) is 0 Å². The van der Waals surface area contributed by atoms with Crippen LogP contribution in [0.3, 0.4) is 0 Å². The number of hydrogen-bond donors (Lipinski definition) is 1. The van der Waals surface area contributed by atoms with Crippen LogP contribution >= 0.6 is 0 Å². The fraction of sp³-hybridized carbons (Fsp3) is 0.692. The van der Waals surface area contributed by atoms with Crippen molar-refractivity contribution in [3.63, 3.8) is 0 Å². The smallest absolute Gasteiger partial charge is 0.0307 e. The van der Waals surface area contributed by atoms with Gasteiger partial charge in [0.15, 0.2) is 0 Å². The minimum absolute atomic E-state index is 0.202. The first-order chi connectivity index (χ1) is 7.21. The molecule has 0 bridgehead atoms. The molecule has 15 heavy (non-hydrogen) atoms. The van der Waals surface area contributed by atoms with Gasteiger partial charge in [-0.05, 0) is 24.0 Å². The van der Waals surface area contributed by atoms with Crippen molar-refractivity contribution in [1.29, 1.82) is 0 Å². The monoisotopic (exact) mass is 208 g/mol. The van der Waals surface area contributed by atoms with E-state index in [-0.39, 0.29) is 6.04 Å². The molecular formula is C13H24N2. The fourth-order valence-corrected chi connectivity index (χ4v) is 1.87. The van der Waals surface area contributed by atoms with Crippen LogP contribution < -0.4 is 5.73 Å². The topological polar surface area (TPSA) is 30.9 Å². The second kappa shape index (κ2) is 5.96. The zero-order valence-corrected chi connectivity index (χ0v) is 10.2.